The van der Waals surface area contributed by atoms with Crippen LogP contribution in [0.1, 0.15) is 76.0 Å². The number of sulfonamides is 1. The van der Waals surface area contributed by atoms with Gasteiger partial charge in [-0.05, 0) is 40.5 Å². The van der Waals surface area contributed by atoms with E-state index in [0.29, 0.717) is 5.92 Å². The van der Waals surface area contributed by atoms with E-state index in [1.54, 1.807) is 6.07 Å². The molecule has 0 aliphatic rings. The first-order chi connectivity index (χ1) is 8.57. The van der Waals surface area contributed by atoms with Crippen molar-refractivity contribution in [2.75, 3.05) is 0 Å². The van der Waals surface area contributed by atoms with Crippen molar-refractivity contribution in [3.05, 3.63) is 28.8 Å². The van der Waals surface area contributed by atoms with Gasteiger partial charge in [-0.25, -0.2) is 13.6 Å². The lowest BCUT2D eigenvalue weighted by atomic mass is 9.83. The molecule has 0 unspecified atom stereocenters. The first-order valence-corrected chi connectivity index (χ1v) is 8.31. The van der Waals surface area contributed by atoms with Gasteiger partial charge in [0.15, 0.2) is 0 Å². The average Bonchev–Trinajstić information content (AvgIpc) is 2.25. The van der Waals surface area contributed by atoms with Gasteiger partial charge in [0.2, 0.25) is 10.0 Å². The molecule has 0 amide bonds. The Hall–Kier alpha value is -0.870. The Labute approximate surface area is 117 Å². The molecule has 0 heterocycles. The van der Waals surface area contributed by atoms with Gasteiger partial charge in [-0.1, -0.05) is 47.6 Å². The summed E-state index contributed by atoms with van der Waals surface area (Å²) in [5.74, 6) is 0.769. The van der Waals surface area contributed by atoms with Gasteiger partial charge in [0.25, 0.3) is 0 Å². The quantitative estimate of drug-likeness (QED) is 0.915. The minimum Gasteiger partial charge on any atom is -0.225 e. The SMILES string of the molecule is CC(C)c1ccc(S(N)(=O)=O)c(C(C)C)c1C(C)C. The largest absolute Gasteiger partial charge is 0.238 e. The summed E-state index contributed by atoms with van der Waals surface area (Å²) in [6.07, 6.45) is 0. The van der Waals surface area contributed by atoms with E-state index in [1.165, 1.54) is 5.56 Å². The summed E-state index contributed by atoms with van der Waals surface area (Å²) in [4.78, 5) is 0.274. The molecule has 2 N–H and O–H groups in total. The third-order valence-corrected chi connectivity index (χ3v) is 4.33. The van der Waals surface area contributed by atoms with Gasteiger partial charge in [0.05, 0.1) is 4.90 Å². The van der Waals surface area contributed by atoms with Gasteiger partial charge in [-0.2, -0.15) is 0 Å². The van der Waals surface area contributed by atoms with E-state index < -0.39 is 10.0 Å². The zero-order valence-corrected chi connectivity index (χ0v) is 13.5. The fourth-order valence-corrected chi connectivity index (χ4v) is 3.53. The van der Waals surface area contributed by atoms with E-state index in [2.05, 4.69) is 27.7 Å². The maximum absolute atomic E-state index is 11.8. The summed E-state index contributed by atoms with van der Waals surface area (Å²) in [7, 11) is -3.68. The fourth-order valence-electron chi connectivity index (χ4n) is 2.62. The molecule has 4 heteroatoms. The highest BCUT2D eigenvalue weighted by Gasteiger charge is 2.24. The van der Waals surface area contributed by atoms with Crippen LogP contribution in [-0.4, -0.2) is 8.42 Å². The lowest BCUT2D eigenvalue weighted by Crippen LogP contribution is -2.18. The minimum atomic E-state index is -3.68. The lowest BCUT2D eigenvalue weighted by Gasteiger charge is -2.24. The number of hydrogen-bond acceptors (Lipinski definition) is 2. The summed E-state index contributed by atoms with van der Waals surface area (Å²) in [6, 6.07) is 3.57. The zero-order chi connectivity index (χ0) is 15.0. The van der Waals surface area contributed by atoms with Gasteiger partial charge in [0, 0.05) is 0 Å². The van der Waals surface area contributed by atoms with Crippen molar-refractivity contribution in [2.24, 2.45) is 5.14 Å². The number of primary sulfonamides is 1. The van der Waals surface area contributed by atoms with Crippen molar-refractivity contribution in [2.45, 2.75) is 64.2 Å². The third kappa shape index (κ3) is 3.37. The fraction of sp³-hybridized carbons (Fsp3) is 0.600. The Kier molecular flexibility index (Phi) is 4.80. The van der Waals surface area contributed by atoms with Crippen LogP contribution in [0.2, 0.25) is 0 Å². The van der Waals surface area contributed by atoms with Crippen molar-refractivity contribution in [3.8, 4) is 0 Å². The minimum absolute atomic E-state index is 0.129. The lowest BCUT2D eigenvalue weighted by molar-refractivity contribution is 0.594. The van der Waals surface area contributed by atoms with Gasteiger partial charge < -0.3 is 0 Å². The average molecular weight is 283 g/mol. The number of hydrogen-bond donors (Lipinski definition) is 1. The molecular formula is C15H25NO2S. The van der Waals surface area contributed by atoms with Crippen LogP contribution in [0, 0.1) is 0 Å². The zero-order valence-electron chi connectivity index (χ0n) is 12.7. The summed E-state index contributed by atoms with van der Waals surface area (Å²) in [6.45, 7) is 12.5. The van der Waals surface area contributed by atoms with E-state index in [-0.39, 0.29) is 16.7 Å². The van der Waals surface area contributed by atoms with Crippen LogP contribution in [0.3, 0.4) is 0 Å². The van der Waals surface area contributed by atoms with Crippen LogP contribution in [-0.2, 0) is 10.0 Å². The molecule has 0 aliphatic carbocycles. The Morgan fingerprint density at radius 2 is 1.32 bits per heavy atom. The first-order valence-electron chi connectivity index (χ1n) is 6.76. The van der Waals surface area contributed by atoms with Gasteiger partial charge in [-0.15, -0.1) is 0 Å². The Morgan fingerprint density at radius 3 is 1.63 bits per heavy atom. The van der Waals surface area contributed by atoms with Gasteiger partial charge in [-0.3, -0.25) is 0 Å². The highest BCUT2D eigenvalue weighted by atomic mass is 32.2. The molecule has 108 valence electrons. The highest BCUT2D eigenvalue weighted by Crippen LogP contribution is 2.36. The molecule has 1 aromatic rings. The molecule has 0 fully saturated rings. The Balaban J connectivity index is 3.79. The molecule has 0 saturated heterocycles. The van der Waals surface area contributed by atoms with Crippen molar-refractivity contribution >= 4 is 10.0 Å². The first kappa shape index (κ1) is 16.2. The van der Waals surface area contributed by atoms with E-state index in [4.69, 9.17) is 5.14 Å². The van der Waals surface area contributed by atoms with E-state index in [0.717, 1.165) is 11.1 Å². The molecule has 3 nitrogen and oxygen atoms in total. The molecule has 0 atom stereocenters. The molecular weight excluding hydrogens is 258 g/mol. The summed E-state index contributed by atoms with van der Waals surface area (Å²) < 4.78 is 23.6. The van der Waals surface area contributed by atoms with Gasteiger partial charge in [0.1, 0.15) is 0 Å². The Bertz CT molecular complexity index is 558. The predicted octanol–water partition coefficient (Wildman–Crippen LogP) is 3.70. The van der Waals surface area contributed by atoms with E-state index in [9.17, 15) is 8.42 Å². The molecule has 0 saturated carbocycles. The normalized spacial score (nSPS) is 12.7. The van der Waals surface area contributed by atoms with Crippen LogP contribution in [0.5, 0.6) is 0 Å². The highest BCUT2D eigenvalue weighted by molar-refractivity contribution is 7.89. The number of benzene rings is 1. The second-order valence-electron chi connectivity index (χ2n) is 5.99. The molecule has 0 radical (unpaired) electrons. The topological polar surface area (TPSA) is 60.2 Å². The van der Waals surface area contributed by atoms with Gasteiger partial charge >= 0.3 is 0 Å². The van der Waals surface area contributed by atoms with Crippen molar-refractivity contribution in [3.63, 3.8) is 0 Å². The van der Waals surface area contributed by atoms with Crippen LogP contribution in [0.4, 0.5) is 0 Å². The number of rotatable bonds is 4. The van der Waals surface area contributed by atoms with Crippen LogP contribution >= 0.6 is 0 Å². The molecule has 1 rings (SSSR count). The van der Waals surface area contributed by atoms with Crippen molar-refractivity contribution < 1.29 is 8.42 Å². The van der Waals surface area contributed by atoms with Crippen molar-refractivity contribution in [1.29, 1.82) is 0 Å². The monoisotopic (exact) mass is 283 g/mol. The predicted molar refractivity (Wildman–Crippen MR) is 80.1 cm³/mol. The molecule has 0 aromatic heterocycles. The van der Waals surface area contributed by atoms with E-state index >= 15 is 0 Å². The second-order valence-corrected chi connectivity index (χ2v) is 7.52. The van der Waals surface area contributed by atoms with Crippen LogP contribution in [0.25, 0.3) is 0 Å². The van der Waals surface area contributed by atoms with Crippen LogP contribution in [0.15, 0.2) is 17.0 Å². The maximum atomic E-state index is 11.8. The summed E-state index contributed by atoms with van der Waals surface area (Å²) in [5.41, 5.74) is 3.23. The van der Waals surface area contributed by atoms with Crippen molar-refractivity contribution in [1.82, 2.24) is 0 Å². The second kappa shape index (κ2) is 5.63. The maximum Gasteiger partial charge on any atom is 0.238 e. The third-order valence-electron chi connectivity index (χ3n) is 3.36. The molecule has 0 aliphatic heterocycles. The molecule has 0 bridgehead atoms. The molecule has 19 heavy (non-hydrogen) atoms. The molecule has 1 aromatic carbocycles. The van der Waals surface area contributed by atoms with Crippen LogP contribution < -0.4 is 5.14 Å². The van der Waals surface area contributed by atoms with E-state index in [1.807, 2.05) is 19.9 Å². The summed E-state index contributed by atoms with van der Waals surface area (Å²) >= 11 is 0. The Morgan fingerprint density at radius 1 is 0.842 bits per heavy atom. The molecule has 0 spiro atoms. The number of nitrogens with two attached hydrogens (primary N) is 1. The standard InChI is InChI=1S/C15H25NO2S/c1-9(2)12-7-8-13(19(16,17)18)15(11(5)6)14(12)10(3)4/h7-11H,1-6H3,(H2,16,17,18). The summed E-state index contributed by atoms with van der Waals surface area (Å²) in [5, 5.41) is 5.36. The smallest absolute Gasteiger partial charge is 0.225 e.